The number of anilines is 1. The molecule has 0 radical (unpaired) electrons. The highest BCUT2D eigenvalue weighted by Crippen LogP contribution is 2.23. The Bertz CT molecular complexity index is 1160. The lowest BCUT2D eigenvalue weighted by molar-refractivity contribution is -0.141. The Morgan fingerprint density at radius 3 is 2.08 bits per heavy atom. The summed E-state index contributed by atoms with van der Waals surface area (Å²) in [6.45, 7) is 10.1. The van der Waals surface area contributed by atoms with E-state index >= 15 is 0 Å². The zero-order valence-corrected chi connectivity index (χ0v) is 24.3. The highest BCUT2D eigenvalue weighted by atomic mass is 32.2. The molecule has 0 bridgehead atoms. The fourth-order valence-corrected chi connectivity index (χ4v) is 4.83. The number of benzene rings is 2. The van der Waals surface area contributed by atoms with Gasteiger partial charge < -0.3 is 19.7 Å². The molecular formula is C28H41N3O6S. The van der Waals surface area contributed by atoms with Gasteiger partial charge in [0.05, 0.1) is 25.7 Å². The molecule has 1 N–H and O–H groups in total. The van der Waals surface area contributed by atoms with E-state index in [2.05, 4.69) is 5.32 Å². The summed E-state index contributed by atoms with van der Waals surface area (Å²) < 4.78 is 37.0. The SMILES string of the molecule is CCOc1ccc(N(CCCC(=O)N(Cc2ccc(OC)cc2)[C@H](C)C(=O)NC(C)(C)C)S(C)(=O)=O)cc1. The Morgan fingerprint density at radius 1 is 1.00 bits per heavy atom. The number of amides is 2. The maximum atomic E-state index is 13.4. The molecule has 0 aliphatic heterocycles. The molecule has 9 nitrogen and oxygen atoms in total. The average molecular weight is 548 g/mol. The maximum Gasteiger partial charge on any atom is 0.242 e. The van der Waals surface area contributed by atoms with Crippen LogP contribution in [0.2, 0.25) is 0 Å². The molecule has 2 amide bonds. The standard InChI is InChI=1S/C28H41N3O6S/c1-8-37-25-17-13-23(14-18-25)31(38(7,34)35)19-9-10-26(32)30(21(2)27(33)29-28(3,4)5)20-22-11-15-24(36-6)16-12-22/h11-18,21H,8-10,19-20H2,1-7H3,(H,29,33)/t21-/m1/s1. The van der Waals surface area contributed by atoms with E-state index < -0.39 is 21.6 Å². The second-order valence-electron chi connectivity index (χ2n) is 10.2. The molecule has 0 heterocycles. The lowest BCUT2D eigenvalue weighted by Gasteiger charge is -2.32. The van der Waals surface area contributed by atoms with Crippen molar-refractivity contribution in [2.75, 3.05) is 30.8 Å². The summed E-state index contributed by atoms with van der Waals surface area (Å²) in [5.74, 6) is 0.848. The highest BCUT2D eigenvalue weighted by Gasteiger charge is 2.28. The van der Waals surface area contributed by atoms with E-state index in [1.54, 1.807) is 50.4 Å². The van der Waals surface area contributed by atoms with Crippen LogP contribution in [0.4, 0.5) is 5.69 Å². The Balaban J connectivity index is 2.18. The van der Waals surface area contributed by atoms with E-state index in [0.29, 0.717) is 23.8 Å². The molecule has 38 heavy (non-hydrogen) atoms. The van der Waals surface area contributed by atoms with Crippen molar-refractivity contribution in [1.29, 1.82) is 0 Å². The van der Waals surface area contributed by atoms with Crippen molar-refractivity contribution in [3.05, 3.63) is 54.1 Å². The van der Waals surface area contributed by atoms with Gasteiger partial charge in [-0.25, -0.2) is 8.42 Å². The van der Waals surface area contributed by atoms with Crippen LogP contribution in [-0.2, 0) is 26.2 Å². The number of hydrogen-bond acceptors (Lipinski definition) is 6. The molecule has 0 aliphatic carbocycles. The van der Waals surface area contributed by atoms with E-state index in [4.69, 9.17) is 9.47 Å². The number of nitrogens with one attached hydrogen (secondary N) is 1. The lowest BCUT2D eigenvalue weighted by atomic mass is 10.1. The fourth-order valence-electron chi connectivity index (χ4n) is 3.86. The minimum Gasteiger partial charge on any atom is -0.497 e. The highest BCUT2D eigenvalue weighted by molar-refractivity contribution is 7.92. The first-order valence-corrected chi connectivity index (χ1v) is 14.5. The van der Waals surface area contributed by atoms with Crippen LogP contribution in [-0.4, -0.2) is 63.2 Å². The number of rotatable bonds is 13. The number of ether oxygens (including phenoxy) is 2. The van der Waals surface area contributed by atoms with Crippen LogP contribution in [0.15, 0.2) is 48.5 Å². The summed E-state index contributed by atoms with van der Waals surface area (Å²) in [6.07, 6.45) is 1.50. The third kappa shape index (κ3) is 9.55. The van der Waals surface area contributed by atoms with Gasteiger partial charge in [0.1, 0.15) is 17.5 Å². The first kappa shape index (κ1) is 31.0. The molecule has 2 rings (SSSR count). The third-order valence-corrected chi connectivity index (χ3v) is 6.96. The first-order valence-electron chi connectivity index (χ1n) is 12.7. The number of hydrogen-bond donors (Lipinski definition) is 1. The number of methoxy groups -OCH3 is 1. The van der Waals surface area contributed by atoms with Crippen molar-refractivity contribution < 1.29 is 27.5 Å². The molecule has 10 heteroatoms. The average Bonchev–Trinajstić information content (AvgIpc) is 2.84. The fraction of sp³-hybridized carbons (Fsp3) is 0.500. The summed E-state index contributed by atoms with van der Waals surface area (Å²) in [5.41, 5.74) is 0.895. The largest absolute Gasteiger partial charge is 0.497 e. The smallest absolute Gasteiger partial charge is 0.242 e. The van der Waals surface area contributed by atoms with Crippen molar-refractivity contribution >= 4 is 27.5 Å². The summed E-state index contributed by atoms with van der Waals surface area (Å²) in [7, 11) is -1.99. The molecule has 2 aromatic rings. The minimum absolute atomic E-state index is 0.0757. The first-order chi connectivity index (χ1) is 17.7. The van der Waals surface area contributed by atoms with Gasteiger partial charge in [0, 0.05) is 25.0 Å². The third-order valence-electron chi connectivity index (χ3n) is 5.77. The molecule has 0 aliphatic rings. The number of sulfonamides is 1. The molecule has 210 valence electrons. The van der Waals surface area contributed by atoms with E-state index in [-0.39, 0.29) is 37.7 Å². The molecular weight excluding hydrogens is 506 g/mol. The predicted octanol–water partition coefficient (Wildman–Crippen LogP) is 3.97. The minimum atomic E-state index is -3.57. The molecule has 0 saturated heterocycles. The van der Waals surface area contributed by atoms with Crippen LogP contribution in [0.3, 0.4) is 0 Å². The van der Waals surface area contributed by atoms with E-state index in [1.807, 2.05) is 39.8 Å². The van der Waals surface area contributed by atoms with Crippen molar-refractivity contribution in [3.8, 4) is 11.5 Å². The van der Waals surface area contributed by atoms with Crippen LogP contribution >= 0.6 is 0 Å². The Morgan fingerprint density at radius 2 is 1.58 bits per heavy atom. The molecule has 0 spiro atoms. The summed E-state index contributed by atoms with van der Waals surface area (Å²) in [5, 5.41) is 2.94. The van der Waals surface area contributed by atoms with Gasteiger partial charge in [-0.15, -0.1) is 0 Å². The Hall–Kier alpha value is -3.27. The van der Waals surface area contributed by atoms with Crippen LogP contribution in [0, 0.1) is 0 Å². The van der Waals surface area contributed by atoms with Crippen LogP contribution in [0.1, 0.15) is 53.0 Å². The number of carbonyl (C=O) groups excluding carboxylic acids is 2. The van der Waals surface area contributed by atoms with Crippen molar-refractivity contribution in [2.45, 2.75) is 65.6 Å². The maximum absolute atomic E-state index is 13.4. The number of nitrogens with zero attached hydrogens (tertiary/aromatic N) is 2. The summed E-state index contributed by atoms with van der Waals surface area (Å²) in [6, 6.07) is 13.4. The topological polar surface area (TPSA) is 105 Å². The normalized spacial score (nSPS) is 12.4. The van der Waals surface area contributed by atoms with Gasteiger partial charge in [-0.3, -0.25) is 13.9 Å². The second-order valence-corrected chi connectivity index (χ2v) is 12.1. The van der Waals surface area contributed by atoms with E-state index in [0.717, 1.165) is 11.8 Å². The van der Waals surface area contributed by atoms with Gasteiger partial charge in [-0.1, -0.05) is 12.1 Å². The summed E-state index contributed by atoms with van der Waals surface area (Å²) in [4.78, 5) is 27.9. The number of carbonyl (C=O) groups is 2. The van der Waals surface area contributed by atoms with Crippen LogP contribution in [0.25, 0.3) is 0 Å². The molecule has 0 unspecified atom stereocenters. The van der Waals surface area contributed by atoms with E-state index in [9.17, 15) is 18.0 Å². The van der Waals surface area contributed by atoms with Crippen molar-refractivity contribution in [3.63, 3.8) is 0 Å². The summed E-state index contributed by atoms with van der Waals surface area (Å²) >= 11 is 0. The van der Waals surface area contributed by atoms with Gasteiger partial charge in [0.25, 0.3) is 0 Å². The van der Waals surface area contributed by atoms with Crippen LogP contribution in [0.5, 0.6) is 11.5 Å². The molecule has 0 aromatic heterocycles. The van der Waals surface area contributed by atoms with Gasteiger partial charge in [0.2, 0.25) is 21.8 Å². The van der Waals surface area contributed by atoms with Crippen LogP contribution < -0.4 is 19.1 Å². The molecule has 1 atom stereocenters. The molecule has 0 saturated carbocycles. The van der Waals surface area contributed by atoms with Gasteiger partial charge in [-0.05, 0) is 83.0 Å². The Kier molecular flexibility index (Phi) is 11.0. The Labute approximate surface area is 227 Å². The van der Waals surface area contributed by atoms with Gasteiger partial charge in [-0.2, -0.15) is 0 Å². The van der Waals surface area contributed by atoms with E-state index in [1.165, 1.54) is 9.21 Å². The predicted molar refractivity (Wildman–Crippen MR) is 150 cm³/mol. The second kappa shape index (κ2) is 13.5. The quantitative estimate of drug-likeness (QED) is 0.407. The van der Waals surface area contributed by atoms with Crippen molar-refractivity contribution in [1.82, 2.24) is 10.2 Å². The zero-order chi connectivity index (χ0) is 28.5. The molecule has 0 fully saturated rings. The zero-order valence-electron chi connectivity index (χ0n) is 23.5. The van der Waals surface area contributed by atoms with Gasteiger partial charge >= 0.3 is 0 Å². The van der Waals surface area contributed by atoms with Crippen molar-refractivity contribution in [2.24, 2.45) is 0 Å². The molecule has 2 aromatic carbocycles. The van der Waals surface area contributed by atoms with Gasteiger partial charge in [0.15, 0.2) is 0 Å². The monoisotopic (exact) mass is 547 g/mol. The lowest BCUT2D eigenvalue weighted by Crippen LogP contribution is -2.52.